The monoisotopic (exact) mass is 375 g/mol. The molecule has 126 valence electrons. The van der Waals surface area contributed by atoms with Crippen LogP contribution in [-0.2, 0) is 9.84 Å². The fraction of sp³-hybridized carbons (Fsp3) is 0.462. The first kappa shape index (κ1) is 17.9. The number of hydrazone groups is 1. The SMILES string of the molecule is C=CCNC(=S)N/N=C\c1c(C)nn([C@H]2CCS(=O)(=O)C2)c1Cl. The Bertz CT molecular complexity index is 742. The summed E-state index contributed by atoms with van der Waals surface area (Å²) in [5.74, 6) is 0.235. The summed E-state index contributed by atoms with van der Waals surface area (Å²) in [5.41, 5.74) is 3.97. The number of rotatable bonds is 5. The van der Waals surface area contributed by atoms with Gasteiger partial charge in [-0.05, 0) is 25.6 Å². The summed E-state index contributed by atoms with van der Waals surface area (Å²) in [5, 5.41) is 12.0. The van der Waals surface area contributed by atoms with Gasteiger partial charge in [0.05, 0.1) is 35.0 Å². The van der Waals surface area contributed by atoms with E-state index < -0.39 is 9.84 Å². The lowest BCUT2D eigenvalue weighted by Gasteiger charge is -2.09. The van der Waals surface area contributed by atoms with Crippen molar-refractivity contribution >= 4 is 45.0 Å². The third kappa shape index (κ3) is 4.52. The van der Waals surface area contributed by atoms with Crippen LogP contribution in [0.4, 0.5) is 0 Å². The van der Waals surface area contributed by atoms with E-state index >= 15 is 0 Å². The number of nitrogens with zero attached hydrogens (tertiary/aromatic N) is 3. The summed E-state index contributed by atoms with van der Waals surface area (Å²) >= 11 is 11.3. The molecule has 1 atom stereocenters. The molecule has 10 heteroatoms. The molecule has 1 aliphatic heterocycles. The molecule has 1 saturated heterocycles. The molecule has 0 aromatic carbocycles. The van der Waals surface area contributed by atoms with Crippen LogP contribution >= 0.6 is 23.8 Å². The van der Waals surface area contributed by atoms with E-state index in [0.29, 0.717) is 34.5 Å². The zero-order valence-electron chi connectivity index (χ0n) is 12.6. The van der Waals surface area contributed by atoms with Gasteiger partial charge in [0, 0.05) is 6.54 Å². The highest BCUT2D eigenvalue weighted by Gasteiger charge is 2.31. The van der Waals surface area contributed by atoms with Crippen LogP contribution in [0.3, 0.4) is 0 Å². The average molecular weight is 376 g/mol. The summed E-state index contributed by atoms with van der Waals surface area (Å²) < 4.78 is 24.8. The Kier molecular flexibility index (Phi) is 5.77. The van der Waals surface area contributed by atoms with Gasteiger partial charge in [0.25, 0.3) is 0 Å². The van der Waals surface area contributed by atoms with Gasteiger partial charge in [-0.3, -0.25) is 5.43 Å². The molecule has 1 fully saturated rings. The number of thiocarbonyl (C=S) groups is 1. The molecule has 0 amide bonds. The third-order valence-electron chi connectivity index (χ3n) is 3.39. The van der Waals surface area contributed by atoms with Crippen molar-refractivity contribution < 1.29 is 8.42 Å². The van der Waals surface area contributed by atoms with Crippen molar-refractivity contribution in [3.8, 4) is 0 Å². The predicted octanol–water partition coefficient (Wildman–Crippen LogP) is 1.19. The van der Waals surface area contributed by atoms with E-state index in [2.05, 4.69) is 27.5 Å². The quantitative estimate of drug-likeness (QED) is 0.348. The lowest BCUT2D eigenvalue weighted by Crippen LogP contribution is -2.31. The normalized spacial score (nSPS) is 19.8. The Morgan fingerprint density at radius 1 is 1.65 bits per heavy atom. The fourth-order valence-corrected chi connectivity index (χ4v) is 4.44. The first-order chi connectivity index (χ1) is 10.8. The van der Waals surface area contributed by atoms with E-state index in [0.717, 1.165) is 0 Å². The molecule has 1 aliphatic rings. The zero-order chi connectivity index (χ0) is 17.0. The van der Waals surface area contributed by atoms with Crippen LogP contribution in [0, 0.1) is 6.92 Å². The van der Waals surface area contributed by atoms with Gasteiger partial charge in [-0.15, -0.1) is 6.58 Å². The van der Waals surface area contributed by atoms with Crippen molar-refractivity contribution in [2.45, 2.75) is 19.4 Å². The van der Waals surface area contributed by atoms with Crippen LogP contribution in [0.25, 0.3) is 0 Å². The molecule has 0 aliphatic carbocycles. The Hall–Kier alpha value is -1.45. The van der Waals surface area contributed by atoms with Gasteiger partial charge < -0.3 is 5.32 Å². The maximum absolute atomic E-state index is 11.6. The second-order valence-electron chi connectivity index (χ2n) is 5.16. The van der Waals surface area contributed by atoms with E-state index in [1.165, 1.54) is 6.21 Å². The molecule has 0 unspecified atom stereocenters. The van der Waals surface area contributed by atoms with Gasteiger partial charge in [-0.2, -0.15) is 10.2 Å². The van der Waals surface area contributed by atoms with Crippen LogP contribution in [0.5, 0.6) is 0 Å². The highest BCUT2D eigenvalue weighted by atomic mass is 35.5. The molecule has 2 rings (SSSR count). The van der Waals surface area contributed by atoms with Crippen molar-refractivity contribution in [2.24, 2.45) is 5.10 Å². The topological polar surface area (TPSA) is 88.4 Å². The minimum atomic E-state index is -3.00. The number of nitrogens with one attached hydrogen (secondary N) is 2. The zero-order valence-corrected chi connectivity index (χ0v) is 15.0. The number of sulfone groups is 1. The van der Waals surface area contributed by atoms with Crippen LogP contribution in [0.15, 0.2) is 17.8 Å². The third-order valence-corrected chi connectivity index (χ3v) is 5.75. The van der Waals surface area contributed by atoms with E-state index in [9.17, 15) is 8.42 Å². The molecule has 0 bridgehead atoms. The molecule has 2 N–H and O–H groups in total. The van der Waals surface area contributed by atoms with Crippen LogP contribution < -0.4 is 10.7 Å². The summed E-state index contributed by atoms with van der Waals surface area (Å²) in [7, 11) is -3.00. The van der Waals surface area contributed by atoms with Gasteiger partial charge in [-0.1, -0.05) is 17.7 Å². The first-order valence-electron chi connectivity index (χ1n) is 6.97. The largest absolute Gasteiger partial charge is 0.358 e. The number of aromatic nitrogens is 2. The minimum Gasteiger partial charge on any atom is -0.358 e. The molecule has 2 heterocycles. The summed E-state index contributed by atoms with van der Waals surface area (Å²) in [6.45, 7) is 5.90. The molecular formula is C13H18ClN5O2S2. The molecule has 0 spiro atoms. The second-order valence-corrected chi connectivity index (χ2v) is 8.16. The number of aryl methyl sites for hydroxylation is 1. The van der Waals surface area contributed by atoms with Gasteiger partial charge in [0.1, 0.15) is 5.15 Å². The van der Waals surface area contributed by atoms with E-state index in [1.807, 2.05) is 0 Å². The average Bonchev–Trinajstić information content (AvgIpc) is 2.98. The van der Waals surface area contributed by atoms with Crippen LogP contribution in [0.2, 0.25) is 5.15 Å². The van der Waals surface area contributed by atoms with E-state index in [-0.39, 0.29) is 17.5 Å². The molecule has 7 nitrogen and oxygen atoms in total. The number of hydrogen-bond acceptors (Lipinski definition) is 5. The Morgan fingerprint density at radius 2 is 2.39 bits per heavy atom. The van der Waals surface area contributed by atoms with Crippen molar-refractivity contribution in [1.29, 1.82) is 0 Å². The highest BCUT2D eigenvalue weighted by Crippen LogP contribution is 2.29. The standard InChI is InChI=1S/C13H18ClN5O2S2/c1-3-5-15-13(22)17-16-7-11-9(2)18-19(12(11)14)10-4-6-23(20,21)8-10/h3,7,10H,1,4-6,8H2,2H3,(H2,15,17,22)/b16-7-/t10-/m0/s1. The molecule has 1 aromatic heterocycles. The summed E-state index contributed by atoms with van der Waals surface area (Å²) in [6.07, 6.45) is 3.72. The molecule has 1 aromatic rings. The minimum absolute atomic E-state index is 0.0677. The lowest BCUT2D eigenvalue weighted by molar-refractivity contribution is 0.497. The van der Waals surface area contributed by atoms with Crippen molar-refractivity contribution in [3.63, 3.8) is 0 Å². The van der Waals surface area contributed by atoms with Gasteiger partial charge in [-0.25, -0.2) is 13.1 Å². The van der Waals surface area contributed by atoms with Gasteiger partial charge >= 0.3 is 0 Å². The van der Waals surface area contributed by atoms with Gasteiger partial charge in [0.2, 0.25) is 0 Å². The molecular weight excluding hydrogens is 358 g/mol. The Morgan fingerprint density at radius 3 is 3.00 bits per heavy atom. The summed E-state index contributed by atoms with van der Waals surface area (Å²) in [6, 6.07) is -0.225. The molecule has 0 radical (unpaired) electrons. The number of hydrogen-bond donors (Lipinski definition) is 2. The smallest absolute Gasteiger partial charge is 0.187 e. The van der Waals surface area contributed by atoms with Crippen LogP contribution in [-0.4, -0.2) is 47.6 Å². The van der Waals surface area contributed by atoms with Crippen molar-refractivity contribution in [2.75, 3.05) is 18.1 Å². The highest BCUT2D eigenvalue weighted by molar-refractivity contribution is 7.91. The fourth-order valence-electron chi connectivity index (χ4n) is 2.25. The Labute approximate surface area is 145 Å². The van der Waals surface area contributed by atoms with Crippen molar-refractivity contribution in [1.82, 2.24) is 20.5 Å². The maximum atomic E-state index is 11.6. The Balaban J connectivity index is 2.09. The molecule has 0 saturated carbocycles. The predicted molar refractivity (Wildman–Crippen MR) is 95.8 cm³/mol. The maximum Gasteiger partial charge on any atom is 0.187 e. The molecule has 23 heavy (non-hydrogen) atoms. The first-order valence-corrected chi connectivity index (χ1v) is 9.57. The van der Waals surface area contributed by atoms with E-state index in [4.69, 9.17) is 23.8 Å². The van der Waals surface area contributed by atoms with Crippen LogP contribution in [0.1, 0.15) is 23.7 Å². The van der Waals surface area contributed by atoms with E-state index in [1.54, 1.807) is 17.7 Å². The van der Waals surface area contributed by atoms with Crippen molar-refractivity contribution in [3.05, 3.63) is 29.1 Å². The lowest BCUT2D eigenvalue weighted by atomic mass is 10.2. The second kappa shape index (κ2) is 7.41. The summed E-state index contributed by atoms with van der Waals surface area (Å²) in [4.78, 5) is 0. The number of halogens is 1. The van der Waals surface area contributed by atoms with Gasteiger partial charge in [0.15, 0.2) is 14.9 Å².